The van der Waals surface area contributed by atoms with E-state index < -0.39 is 5.60 Å². The quantitative estimate of drug-likeness (QED) is 0.928. The molecule has 106 valence electrons. The van der Waals surface area contributed by atoms with Crippen LogP contribution in [0.15, 0.2) is 42.5 Å². The maximum absolute atomic E-state index is 10.9. The summed E-state index contributed by atoms with van der Waals surface area (Å²) in [5, 5.41) is 10.9. The van der Waals surface area contributed by atoms with Gasteiger partial charge < -0.3 is 14.6 Å². The van der Waals surface area contributed by atoms with Crippen molar-refractivity contribution >= 4 is 0 Å². The Balaban J connectivity index is 2.50. The van der Waals surface area contributed by atoms with Gasteiger partial charge in [0.25, 0.3) is 0 Å². The monoisotopic (exact) mass is 272 g/mol. The Morgan fingerprint density at radius 2 is 1.60 bits per heavy atom. The summed E-state index contributed by atoms with van der Waals surface area (Å²) in [6.07, 6.45) is 0. The fourth-order valence-corrected chi connectivity index (χ4v) is 2.23. The van der Waals surface area contributed by atoms with Crippen molar-refractivity contribution in [3.63, 3.8) is 0 Å². The standard InChI is InChI=1S/C17H20O3/c1-12-5-7-13(8-6-12)17(2,18)15-10-9-14(19-3)11-16(15)20-4/h5-11,18H,1-4H3. The number of aliphatic hydroxyl groups is 1. The molecule has 0 heterocycles. The van der Waals surface area contributed by atoms with Crippen LogP contribution in [-0.2, 0) is 5.60 Å². The molecule has 1 N–H and O–H groups in total. The maximum Gasteiger partial charge on any atom is 0.128 e. The van der Waals surface area contributed by atoms with Crippen LogP contribution in [0.4, 0.5) is 0 Å². The van der Waals surface area contributed by atoms with Gasteiger partial charge in [-0.05, 0) is 31.5 Å². The van der Waals surface area contributed by atoms with E-state index in [2.05, 4.69) is 0 Å². The average molecular weight is 272 g/mol. The van der Waals surface area contributed by atoms with Gasteiger partial charge in [-0.25, -0.2) is 0 Å². The lowest BCUT2D eigenvalue weighted by Gasteiger charge is -2.26. The zero-order chi connectivity index (χ0) is 14.8. The molecule has 0 radical (unpaired) electrons. The molecule has 1 unspecified atom stereocenters. The van der Waals surface area contributed by atoms with Gasteiger partial charge in [0.1, 0.15) is 17.1 Å². The first-order valence-corrected chi connectivity index (χ1v) is 6.51. The molecule has 3 heteroatoms. The highest BCUT2D eigenvalue weighted by atomic mass is 16.5. The molecular weight excluding hydrogens is 252 g/mol. The minimum absolute atomic E-state index is 0.606. The van der Waals surface area contributed by atoms with E-state index in [1.54, 1.807) is 27.2 Å². The topological polar surface area (TPSA) is 38.7 Å². The molecule has 0 amide bonds. The van der Waals surface area contributed by atoms with Gasteiger partial charge in [-0.1, -0.05) is 29.8 Å². The molecule has 0 aliphatic rings. The third-order valence-corrected chi connectivity index (χ3v) is 3.55. The van der Waals surface area contributed by atoms with Gasteiger partial charge in [0.05, 0.1) is 14.2 Å². The van der Waals surface area contributed by atoms with E-state index in [1.165, 1.54) is 0 Å². The highest BCUT2D eigenvalue weighted by Gasteiger charge is 2.29. The summed E-state index contributed by atoms with van der Waals surface area (Å²) >= 11 is 0. The van der Waals surface area contributed by atoms with Crippen molar-refractivity contribution in [2.45, 2.75) is 19.4 Å². The summed E-state index contributed by atoms with van der Waals surface area (Å²) in [7, 11) is 3.19. The third-order valence-electron chi connectivity index (χ3n) is 3.55. The van der Waals surface area contributed by atoms with Crippen molar-refractivity contribution in [3.8, 4) is 11.5 Å². The van der Waals surface area contributed by atoms with E-state index in [9.17, 15) is 5.11 Å². The van der Waals surface area contributed by atoms with Crippen molar-refractivity contribution in [2.75, 3.05) is 14.2 Å². The first kappa shape index (κ1) is 14.4. The third kappa shape index (κ3) is 2.63. The molecule has 2 aromatic carbocycles. The zero-order valence-electron chi connectivity index (χ0n) is 12.3. The summed E-state index contributed by atoms with van der Waals surface area (Å²) in [4.78, 5) is 0. The van der Waals surface area contributed by atoms with Crippen LogP contribution in [0, 0.1) is 6.92 Å². The maximum atomic E-state index is 10.9. The van der Waals surface area contributed by atoms with Gasteiger partial charge in [0, 0.05) is 11.6 Å². The number of ether oxygens (including phenoxy) is 2. The van der Waals surface area contributed by atoms with Crippen LogP contribution in [0.2, 0.25) is 0 Å². The number of hydrogen-bond donors (Lipinski definition) is 1. The van der Waals surface area contributed by atoms with Gasteiger partial charge in [0.15, 0.2) is 0 Å². The van der Waals surface area contributed by atoms with Crippen molar-refractivity contribution in [3.05, 3.63) is 59.2 Å². The van der Waals surface area contributed by atoms with Crippen molar-refractivity contribution < 1.29 is 14.6 Å². The second-order valence-electron chi connectivity index (χ2n) is 5.00. The smallest absolute Gasteiger partial charge is 0.128 e. The minimum atomic E-state index is -1.12. The zero-order valence-corrected chi connectivity index (χ0v) is 12.3. The average Bonchev–Trinajstić information content (AvgIpc) is 2.46. The van der Waals surface area contributed by atoms with Crippen LogP contribution in [0.25, 0.3) is 0 Å². The lowest BCUT2D eigenvalue weighted by Crippen LogP contribution is -2.23. The molecule has 1 atom stereocenters. The first-order valence-electron chi connectivity index (χ1n) is 6.51. The summed E-state index contributed by atoms with van der Waals surface area (Å²) < 4.78 is 10.6. The van der Waals surface area contributed by atoms with E-state index in [0.29, 0.717) is 17.1 Å². The number of aryl methyl sites for hydroxylation is 1. The van der Waals surface area contributed by atoms with Crippen LogP contribution in [-0.4, -0.2) is 19.3 Å². The molecule has 3 nitrogen and oxygen atoms in total. The van der Waals surface area contributed by atoms with E-state index in [1.807, 2.05) is 43.3 Å². The highest BCUT2D eigenvalue weighted by molar-refractivity contribution is 5.48. The molecule has 0 aliphatic carbocycles. The van der Waals surface area contributed by atoms with Gasteiger partial charge in [-0.3, -0.25) is 0 Å². The summed E-state index contributed by atoms with van der Waals surface area (Å²) in [5.74, 6) is 1.31. The SMILES string of the molecule is COc1ccc(C(C)(O)c2ccc(C)cc2)c(OC)c1. The second kappa shape index (κ2) is 5.55. The van der Waals surface area contributed by atoms with Gasteiger partial charge in [-0.15, -0.1) is 0 Å². The lowest BCUT2D eigenvalue weighted by atomic mass is 9.87. The molecule has 0 spiro atoms. The number of benzene rings is 2. The molecular formula is C17H20O3. The van der Waals surface area contributed by atoms with Crippen molar-refractivity contribution in [1.82, 2.24) is 0 Å². The van der Waals surface area contributed by atoms with Crippen LogP contribution in [0.5, 0.6) is 11.5 Å². The molecule has 0 bridgehead atoms. The molecule has 0 saturated carbocycles. The molecule has 0 fully saturated rings. The highest BCUT2D eigenvalue weighted by Crippen LogP contribution is 2.37. The normalized spacial score (nSPS) is 13.7. The summed E-state index contributed by atoms with van der Waals surface area (Å²) in [5.41, 5.74) is 1.58. The van der Waals surface area contributed by atoms with E-state index in [-0.39, 0.29) is 0 Å². The first-order chi connectivity index (χ1) is 9.48. The molecule has 20 heavy (non-hydrogen) atoms. The minimum Gasteiger partial charge on any atom is -0.497 e. The molecule has 0 saturated heterocycles. The fourth-order valence-electron chi connectivity index (χ4n) is 2.23. The number of methoxy groups -OCH3 is 2. The Kier molecular flexibility index (Phi) is 4.00. The van der Waals surface area contributed by atoms with Crippen LogP contribution in [0.1, 0.15) is 23.6 Å². The van der Waals surface area contributed by atoms with Crippen LogP contribution >= 0.6 is 0 Å². The van der Waals surface area contributed by atoms with E-state index >= 15 is 0 Å². The Morgan fingerprint density at radius 3 is 2.15 bits per heavy atom. The Hall–Kier alpha value is -2.00. The molecule has 0 aliphatic heterocycles. The number of rotatable bonds is 4. The fraction of sp³-hybridized carbons (Fsp3) is 0.294. The van der Waals surface area contributed by atoms with Crippen LogP contribution < -0.4 is 9.47 Å². The van der Waals surface area contributed by atoms with Gasteiger partial charge in [-0.2, -0.15) is 0 Å². The molecule has 2 aromatic rings. The Labute approximate surface area is 119 Å². The molecule has 0 aromatic heterocycles. The number of hydrogen-bond acceptors (Lipinski definition) is 3. The largest absolute Gasteiger partial charge is 0.497 e. The summed E-state index contributed by atoms with van der Waals surface area (Å²) in [6.45, 7) is 3.79. The second-order valence-corrected chi connectivity index (χ2v) is 5.00. The van der Waals surface area contributed by atoms with E-state index in [0.717, 1.165) is 11.1 Å². The van der Waals surface area contributed by atoms with Crippen molar-refractivity contribution in [2.24, 2.45) is 0 Å². The Bertz CT molecular complexity index is 586. The van der Waals surface area contributed by atoms with E-state index in [4.69, 9.17) is 9.47 Å². The Morgan fingerprint density at radius 1 is 0.950 bits per heavy atom. The van der Waals surface area contributed by atoms with Crippen LogP contribution in [0.3, 0.4) is 0 Å². The predicted molar refractivity (Wildman–Crippen MR) is 79.4 cm³/mol. The van der Waals surface area contributed by atoms with Gasteiger partial charge >= 0.3 is 0 Å². The molecule has 2 rings (SSSR count). The predicted octanol–water partition coefficient (Wildman–Crippen LogP) is 3.27. The lowest BCUT2D eigenvalue weighted by molar-refractivity contribution is 0.0988. The summed E-state index contributed by atoms with van der Waals surface area (Å²) in [6, 6.07) is 13.3. The van der Waals surface area contributed by atoms with Crippen molar-refractivity contribution in [1.29, 1.82) is 0 Å². The van der Waals surface area contributed by atoms with Gasteiger partial charge in [0.2, 0.25) is 0 Å².